The molecule has 2 heterocycles. The van der Waals surface area contributed by atoms with Crippen molar-refractivity contribution in [3.05, 3.63) is 94.5 Å². The monoisotopic (exact) mass is 446 g/mol. The first-order chi connectivity index (χ1) is 14.8. The van der Waals surface area contributed by atoms with Crippen molar-refractivity contribution in [2.75, 3.05) is 0 Å². The lowest BCUT2D eigenvalue weighted by Gasteiger charge is -2.19. The van der Waals surface area contributed by atoms with E-state index < -0.39 is 17.7 Å². The molecule has 0 saturated carbocycles. The van der Waals surface area contributed by atoms with E-state index in [4.69, 9.17) is 16.0 Å². The van der Waals surface area contributed by atoms with Crippen LogP contribution in [0.4, 0.5) is 13.2 Å². The van der Waals surface area contributed by atoms with Crippen LogP contribution < -0.4 is 5.32 Å². The highest BCUT2D eigenvalue weighted by atomic mass is 35.5. The molecule has 1 atom stereocenters. The van der Waals surface area contributed by atoms with Crippen LogP contribution in [0.5, 0.6) is 0 Å². The molecule has 0 aliphatic carbocycles. The summed E-state index contributed by atoms with van der Waals surface area (Å²) in [5, 5.41) is 4.02. The van der Waals surface area contributed by atoms with Gasteiger partial charge in [-0.05, 0) is 47.5 Å². The first-order valence-electron chi connectivity index (χ1n) is 9.54. The number of aromatic amines is 1. The van der Waals surface area contributed by atoms with Crippen LogP contribution >= 0.6 is 11.6 Å². The van der Waals surface area contributed by atoms with Gasteiger partial charge < -0.3 is 14.7 Å². The molecule has 8 heteroatoms. The number of carbonyl (C=O) groups is 1. The molecule has 2 N–H and O–H groups in total. The summed E-state index contributed by atoms with van der Waals surface area (Å²) in [5.74, 6) is -0.329. The molecule has 0 radical (unpaired) electrons. The third-order valence-electron chi connectivity index (χ3n) is 5.10. The van der Waals surface area contributed by atoms with Crippen molar-refractivity contribution in [1.82, 2.24) is 10.3 Å². The molecule has 1 unspecified atom stereocenters. The second kappa shape index (κ2) is 8.51. The maximum atomic E-state index is 13.3. The highest BCUT2D eigenvalue weighted by molar-refractivity contribution is 6.31. The van der Waals surface area contributed by atoms with Gasteiger partial charge in [-0.15, -0.1) is 0 Å². The highest BCUT2D eigenvalue weighted by Gasteiger charge is 2.32. The van der Waals surface area contributed by atoms with Gasteiger partial charge in [0.1, 0.15) is 5.76 Å². The van der Waals surface area contributed by atoms with E-state index >= 15 is 0 Å². The molecule has 0 bridgehead atoms. The summed E-state index contributed by atoms with van der Waals surface area (Å²) in [4.78, 5) is 15.8. The van der Waals surface area contributed by atoms with Gasteiger partial charge in [0.15, 0.2) is 0 Å². The number of alkyl halides is 3. The van der Waals surface area contributed by atoms with Gasteiger partial charge in [-0.1, -0.05) is 29.8 Å². The lowest BCUT2D eigenvalue weighted by Crippen LogP contribution is -2.24. The van der Waals surface area contributed by atoms with Crippen molar-refractivity contribution in [2.45, 2.75) is 25.1 Å². The van der Waals surface area contributed by atoms with Gasteiger partial charge in [0.2, 0.25) is 5.91 Å². The Morgan fingerprint density at radius 1 is 1.13 bits per heavy atom. The van der Waals surface area contributed by atoms with Gasteiger partial charge >= 0.3 is 6.18 Å². The summed E-state index contributed by atoms with van der Waals surface area (Å²) in [7, 11) is 0. The molecule has 0 aliphatic rings. The predicted molar refractivity (Wildman–Crippen MR) is 112 cm³/mol. The summed E-state index contributed by atoms with van der Waals surface area (Å²) < 4.78 is 45.1. The minimum Gasteiger partial charge on any atom is -0.467 e. The molecule has 4 nitrogen and oxygen atoms in total. The third-order valence-corrected chi connectivity index (χ3v) is 5.33. The zero-order valence-electron chi connectivity index (χ0n) is 16.2. The molecule has 31 heavy (non-hydrogen) atoms. The summed E-state index contributed by atoms with van der Waals surface area (Å²) in [5.41, 5.74) is 1.12. The third kappa shape index (κ3) is 4.77. The Kier molecular flexibility index (Phi) is 5.78. The van der Waals surface area contributed by atoms with Gasteiger partial charge in [0, 0.05) is 34.5 Å². The Morgan fingerprint density at radius 2 is 1.97 bits per heavy atom. The molecule has 0 fully saturated rings. The number of H-pyrrole nitrogens is 1. The maximum absolute atomic E-state index is 13.3. The largest absolute Gasteiger partial charge is 0.467 e. The number of benzene rings is 2. The molecular weight excluding hydrogens is 429 g/mol. The summed E-state index contributed by atoms with van der Waals surface area (Å²) >= 11 is 6.14. The zero-order chi connectivity index (χ0) is 22.0. The quantitative estimate of drug-likeness (QED) is 0.366. The van der Waals surface area contributed by atoms with E-state index in [1.54, 1.807) is 42.6 Å². The molecule has 2 aromatic carbocycles. The van der Waals surface area contributed by atoms with Crippen LogP contribution in [0.25, 0.3) is 10.9 Å². The number of carbonyl (C=O) groups excluding carboxylic acids is 1. The molecule has 2 aromatic heterocycles. The topological polar surface area (TPSA) is 58.0 Å². The lowest BCUT2D eigenvalue weighted by atomic mass is 9.87. The van der Waals surface area contributed by atoms with E-state index in [9.17, 15) is 18.0 Å². The summed E-state index contributed by atoms with van der Waals surface area (Å²) in [6, 6.07) is 13.8. The van der Waals surface area contributed by atoms with Crippen molar-refractivity contribution < 1.29 is 22.4 Å². The first-order valence-corrected chi connectivity index (χ1v) is 9.92. The Bertz CT molecular complexity index is 1200. The number of furan rings is 1. The normalized spacial score (nSPS) is 12.8. The molecule has 4 rings (SSSR count). The number of amides is 1. The smallest absolute Gasteiger partial charge is 0.416 e. The number of rotatable bonds is 6. The lowest BCUT2D eigenvalue weighted by molar-refractivity contribution is -0.137. The van der Waals surface area contributed by atoms with Crippen LogP contribution in [-0.2, 0) is 17.5 Å². The number of hydrogen-bond donors (Lipinski definition) is 2. The number of halogens is 4. The van der Waals surface area contributed by atoms with Crippen molar-refractivity contribution >= 4 is 28.4 Å². The van der Waals surface area contributed by atoms with Gasteiger partial charge in [-0.25, -0.2) is 0 Å². The van der Waals surface area contributed by atoms with Crippen LogP contribution in [-0.4, -0.2) is 10.9 Å². The molecule has 0 saturated heterocycles. The maximum Gasteiger partial charge on any atom is 0.416 e. The Labute approximate surface area is 181 Å². The van der Waals surface area contributed by atoms with E-state index in [1.165, 1.54) is 12.3 Å². The second-order valence-corrected chi connectivity index (χ2v) is 7.61. The van der Waals surface area contributed by atoms with Crippen LogP contribution in [0.15, 0.2) is 71.5 Å². The van der Waals surface area contributed by atoms with E-state index in [0.717, 1.165) is 23.0 Å². The van der Waals surface area contributed by atoms with Crippen LogP contribution in [0.3, 0.4) is 0 Å². The van der Waals surface area contributed by atoms with Crippen molar-refractivity contribution in [1.29, 1.82) is 0 Å². The fraction of sp³-hybridized carbons (Fsp3) is 0.174. The molecule has 1 amide bonds. The van der Waals surface area contributed by atoms with E-state index in [2.05, 4.69) is 10.3 Å². The predicted octanol–water partition coefficient (Wildman–Crippen LogP) is 6.27. The van der Waals surface area contributed by atoms with E-state index in [0.29, 0.717) is 21.9 Å². The fourth-order valence-corrected chi connectivity index (χ4v) is 3.77. The van der Waals surface area contributed by atoms with Crippen LogP contribution in [0, 0.1) is 0 Å². The van der Waals surface area contributed by atoms with E-state index in [-0.39, 0.29) is 18.9 Å². The Balaban J connectivity index is 1.70. The number of hydrogen-bond acceptors (Lipinski definition) is 2. The SMILES string of the molecule is O=C(CC(c1cccc(C(F)(F)F)c1)c1c[nH]c2ccc(Cl)cc12)NCc1ccco1. The second-order valence-electron chi connectivity index (χ2n) is 7.17. The zero-order valence-corrected chi connectivity index (χ0v) is 16.9. The molecule has 0 spiro atoms. The van der Waals surface area contributed by atoms with Gasteiger partial charge in [-0.2, -0.15) is 13.2 Å². The summed E-state index contributed by atoms with van der Waals surface area (Å²) in [6.45, 7) is 0.195. The van der Waals surface area contributed by atoms with Crippen molar-refractivity contribution in [3.8, 4) is 0 Å². The molecule has 0 aliphatic heterocycles. The average molecular weight is 447 g/mol. The first kappa shape index (κ1) is 21.1. The number of aromatic nitrogens is 1. The van der Waals surface area contributed by atoms with Crippen LogP contribution in [0.1, 0.15) is 34.8 Å². The number of nitrogens with one attached hydrogen (secondary N) is 2. The standard InChI is InChI=1S/C23H18ClF3N2O2/c24-16-6-7-21-19(10-16)20(13-28-21)18(11-22(30)29-12-17-5-2-8-31-17)14-3-1-4-15(9-14)23(25,26)27/h1-10,13,18,28H,11-12H2,(H,29,30). The van der Waals surface area contributed by atoms with Gasteiger partial charge in [0.25, 0.3) is 0 Å². The highest BCUT2D eigenvalue weighted by Crippen LogP contribution is 2.37. The molecular formula is C23H18ClF3N2O2. The number of fused-ring (bicyclic) bond motifs is 1. The Morgan fingerprint density at radius 3 is 2.71 bits per heavy atom. The minimum atomic E-state index is -4.48. The fourth-order valence-electron chi connectivity index (χ4n) is 3.60. The van der Waals surface area contributed by atoms with E-state index in [1.807, 2.05) is 0 Å². The van der Waals surface area contributed by atoms with Gasteiger partial charge in [-0.3, -0.25) is 4.79 Å². The van der Waals surface area contributed by atoms with Crippen molar-refractivity contribution in [3.63, 3.8) is 0 Å². The minimum absolute atomic E-state index is 0.0402. The Hall–Kier alpha value is -3.19. The average Bonchev–Trinajstić information content (AvgIpc) is 3.40. The van der Waals surface area contributed by atoms with Crippen LogP contribution in [0.2, 0.25) is 5.02 Å². The molecule has 160 valence electrons. The molecule has 4 aromatic rings. The van der Waals surface area contributed by atoms with Gasteiger partial charge in [0.05, 0.1) is 18.4 Å². The summed E-state index contributed by atoms with van der Waals surface area (Å²) in [6.07, 6.45) is -1.30. The van der Waals surface area contributed by atoms with Crippen molar-refractivity contribution in [2.24, 2.45) is 0 Å².